The Kier molecular flexibility index (Phi) is 4.20. The average molecular weight is 287 g/mol. The van der Waals surface area contributed by atoms with Crippen molar-refractivity contribution >= 4 is 16.9 Å². The summed E-state index contributed by atoms with van der Waals surface area (Å²) in [5.41, 5.74) is 1.05. The van der Waals surface area contributed by atoms with E-state index in [1.165, 1.54) is 5.39 Å². The summed E-state index contributed by atoms with van der Waals surface area (Å²) in [6, 6.07) is 6.16. The van der Waals surface area contributed by atoms with Crippen molar-refractivity contribution < 1.29 is 9.53 Å². The number of likely N-dealkylation sites (tertiary alicyclic amines) is 1. The van der Waals surface area contributed by atoms with Gasteiger partial charge in [0.2, 0.25) is 5.91 Å². The van der Waals surface area contributed by atoms with Gasteiger partial charge < -0.3 is 14.2 Å². The predicted octanol–water partition coefficient (Wildman–Crippen LogP) is 1.92. The van der Waals surface area contributed by atoms with Crippen molar-refractivity contribution in [3.63, 3.8) is 0 Å². The maximum Gasteiger partial charge on any atom is 0.248 e. The highest BCUT2D eigenvalue weighted by atomic mass is 16.5. The summed E-state index contributed by atoms with van der Waals surface area (Å²) in [5, 5.41) is 1.19. The first-order valence-electron chi connectivity index (χ1n) is 7.44. The Labute approximate surface area is 124 Å². The Hall–Kier alpha value is -1.88. The quantitative estimate of drug-likeness (QED) is 0.863. The highest BCUT2D eigenvalue weighted by Crippen LogP contribution is 2.22. The third-order valence-electron chi connectivity index (χ3n) is 4.21. The number of carbonyl (C=O) groups excluding carboxylic acids is 1. The van der Waals surface area contributed by atoms with Gasteiger partial charge in [-0.25, -0.2) is 4.98 Å². The maximum atomic E-state index is 11.8. The van der Waals surface area contributed by atoms with E-state index in [2.05, 4.69) is 27.9 Å². The van der Waals surface area contributed by atoms with Gasteiger partial charge in [-0.1, -0.05) is 0 Å². The molecule has 5 heteroatoms. The summed E-state index contributed by atoms with van der Waals surface area (Å²) in [7, 11) is 1.56. The number of nitrogens with zero attached hydrogens (tertiary/aromatic N) is 3. The van der Waals surface area contributed by atoms with Gasteiger partial charge in [-0.15, -0.1) is 0 Å². The minimum Gasteiger partial charge on any atom is -0.375 e. The van der Waals surface area contributed by atoms with E-state index >= 15 is 0 Å². The van der Waals surface area contributed by atoms with Crippen LogP contribution >= 0.6 is 0 Å². The summed E-state index contributed by atoms with van der Waals surface area (Å²) in [4.78, 5) is 18.1. The average Bonchev–Trinajstić information content (AvgIpc) is 2.92. The summed E-state index contributed by atoms with van der Waals surface area (Å²) in [5.74, 6) is 0.707. The van der Waals surface area contributed by atoms with E-state index in [0.717, 1.165) is 38.1 Å². The predicted molar refractivity (Wildman–Crippen MR) is 80.9 cm³/mol. The van der Waals surface area contributed by atoms with Crippen LogP contribution in [-0.2, 0) is 16.1 Å². The fourth-order valence-electron chi connectivity index (χ4n) is 3.03. The molecule has 1 aliphatic rings. The molecule has 0 bridgehead atoms. The number of piperidine rings is 1. The second-order valence-electron chi connectivity index (χ2n) is 5.64. The van der Waals surface area contributed by atoms with Crippen LogP contribution in [0.25, 0.3) is 11.0 Å². The molecule has 21 heavy (non-hydrogen) atoms. The molecule has 0 radical (unpaired) electrons. The Morgan fingerprint density at radius 1 is 1.38 bits per heavy atom. The van der Waals surface area contributed by atoms with Gasteiger partial charge in [-0.2, -0.15) is 0 Å². The van der Waals surface area contributed by atoms with Crippen molar-refractivity contribution in [3.05, 3.63) is 30.6 Å². The Bertz CT molecular complexity index is 615. The van der Waals surface area contributed by atoms with Crippen molar-refractivity contribution in [2.24, 2.45) is 5.92 Å². The third kappa shape index (κ3) is 3.08. The Morgan fingerprint density at radius 2 is 2.19 bits per heavy atom. The van der Waals surface area contributed by atoms with Crippen LogP contribution in [0.5, 0.6) is 0 Å². The van der Waals surface area contributed by atoms with Gasteiger partial charge >= 0.3 is 0 Å². The van der Waals surface area contributed by atoms with E-state index in [1.807, 2.05) is 17.2 Å². The van der Waals surface area contributed by atoms with Gasteiger partial charge in [0.1, 0.15) is 12.3 Å². The molecule has 0 saturated carbocycles. The lowest BCUT2D eigenvalue weighted by atomic mass is 9.96. The fraction of sp³-hybridized carbons (Fsp3) is 0.500. The Morgan fingerprint density at radius 3 is 2.95 bits per heavy atom. The number of fused-ring (bicyclic) bond motifs is 1. The van der Waals surface area contributed by atoms with Crippen molar-refractivity contribution in [1.29, 1.82) is 0 Å². The molecule has 3 heterocycles. The number of hydrogen-bond acceptors (Lipinski definition) is 3. The molecule has 0 N–H and O–H groups in total. The van der Waals surface area contributed by atoms with Crippen LogP contribution in [0.15, 0.2) is 30.6 Å². The number of pyridine rings is 1. The van der Waals surface area contributed by atoms with Crippen LogP contribution in [0.3, 0.4) is 0 Å². The second kappa shape index (κ2) is 6.26. The topological polar surface area (TPSA) is 47.4 Å². The molecule has 3 rings (SSSR count). The van der Waals surface area contributed by atoms with Gasteiger partial charge in [0.05, 0.1) is 0 Å². The first-order valence-corrected chi connectivity index (χ1v) is 7.44. The van der Waals surface area contributed by atoms with E-state index in [4.69, 9.17) is 4.74 Å². The zero-order valence-corrected chi connectivity index (χ0v) is 12.4. The zero-order chi connectivity index (χ0) is 14.7. The SMILES string of the molecule is COCC(=O)N1CCC(Cn2ccc3cccnc32)CC1. The highest BCUT2D eigenvalue weighted by molar-refractivity contribution is 5.77. The van der Waals surface area contributed by atoms with E-state index in [1.54, 1.807) is 7.11 Å². The van der Waals surface area contributed by atoms with E-state index in [0.29, 0.717) is 5.92 Å². The number of amides is 1. The van der Waals surface area contributed by atoms with Crippen molar-refractivity contribution in [2.75, 3.05) is 26.8 Å². The van der Waals surface area contributed by atoms with Crippen LogP contribution in [0.4, 0.5) is 0 Å². The molecule has 2 aromatic rings. The second-order valence-corrected chi connectivity index (χ2v) is 5.64. The Balaban J connectivity index is 1.59. The van der Waals surface area contributed by atoms with Gasteiger partial charge in [0.25, 0.3) is 0 Å². The minimum absolute atomic E-state index is 0.101. The standard InChI is InChI=1S/C16H21N3O2/c1-21-12-15(20)18-8-4-13(5-9-18)11-19-10-6-14-3-2-7-17-16(14)19/h2-3,6-7,10,13H,4-5,8-9,11-12H2,1H3. The van der Waals surface area contributed by atoms with Gasteiger partial charge in [0, 0.05) is 44.5 Å². The molecule has 0 aliphatic carbocycles. The van der Waals surface area contributed by atoms with Crippen LogP contribution in [0.1, 0.15) is 12.8 Å². The minimum atomic E-state index is 0.101. The van der Waals surface area contributed by atoms with Crippen LogP contribution in [0, 0.1) is 5.92 Å². The first-order chi connectivity index (χ1) is 10.3. The smallest absolute Gasteiger partial charge is 0.248 e. The highest BCUT2D eigenvalue weighted by Gasteiger charge is 2.23. The van der Waals surface area contributed by atoms with E-state index in [9.17, 15) is 4.79 Å². The molecule has 0 spiro atoms. The molecule has 112 valence electrons. The van der Waals surface area contributed by atoms with Crippen molar-refractivity contribution in [2.45, 2.75) is 19.4 Å². The fourth-order valence-corrected chi connectivity index (χ4v) is 3.03. The third-order valence-corrected chi connectivity index (χ3v) is 4.21. The molecule has 0 aromatic carbocycles. The maximum absolute atomic E-state index is 11.8. The van der Waals surface area contributed by atoms with Crippen molar-refractivity contribution in [3.8, 4) is 0 Å². The normalized spacial score (nSPS) is 16.5. The molecule has 0 unspecified atom stereocenters. The molecule has 1 aliphatic heterocycles. The molecular weight excluding hydrogens is 266 g/mol. The number of hydrogen-bond donors (Lipinski definition) is 0. The van der Waals surface area contributed by atoms with Crippen LogP contribution in [-0.4, -0.2) is 47.2 Å². The largest absolute Gasteiger partial charge is 0.375 e. The van der Waals surface area contributed by atoms with Crippen molar-refractivity contribution in [1.82, 2.24) is 14.5 Å². The lowest BCUT2D eigenvalue weighted by molar-refractivity contribution is -0.136. The molecule has 1 fully saturated rings. The summed E-state index contributed by atoms with van der Waals surface area (Å²) in [6.45, 7) is 2.84. The van der Waals surface area contributed by atoms with Gasteiger partial charge in [-0.3, -0.25) is 4.79 Å². The number of carbonyl (C=O) groups is 1. The number of rotatable bonds is 4. The lowest BCUT2D eigenvalue weighted by Gasteiger charge is -2.32. The number of aromatic nitrogens is 2. The van der Waals surface area contributed by atoms with Crippen LogP contribution in [0.2, 0.25) is 0 Å². The van der Waals surface area contributed by atoms with E-state index < -0.39 is 0 Å². The molecule has 0 atom stereocenters. The number of ether oxygens (including phenoxy) is 1. The lowest BCUT2D eigenvalue weighted by Crippen LogP contribution is -2.41. The first kappa shape index (κ1) is 14.1. The molecule has 1 amide bonds. The van der Waals surface area contributed by atoms with Crippen LogP contribution < -0.4 is 0 Å². The van der Waals surface area contributed by atoms with Gasteiger partial charge in [-0.05, 0) is 37.0 Å². The molecule has 1 saturated heterocycles. The monoisotopic (exact) mass is 287 g/mol. The number of methoxy groups -OCH3 is 1. The summed E-state index contributed by atoms with van der Waals surface area (Å²) < 4.78 is 7.14. The summed E-state index contributed by atoms with van der Waals surface area (Å²) in [6.07, 6.45) is 6.04. The summed E-state index contributed by atoms with van der Waals surface area (Å²) >= 11 is 0. The van der Waals surface area contributed by atoms with Gasteiger partial charge in [0.15, 0.2) is 0 Å². The zero-order valence-electron chi connectivity index (χ0n) is 12.4. The molecule has 5 nitrogen and oxygen atoms in total. The molecular formula is C16H21N3O2. The van der Waals surface area contributed by atoms with E-state index in [-0.39, 0.29) is 12.5 Å². The molecule has 2 aromatic heterocycles.